The lowest BCUT2D eigenvalue weighted by molar-refractivity contribution is 0.183. The third-order valence-corrected chi connectivity index (χ3v) is 6.95. The summed E-state index contributed by atoms with van der Waals surface area (Å²) < 4.78 is 2.16. The van der Waals surface area contributed by atoms with Crippen LogP contribution in [0.5, 0.6) is 0 Å². The zero-order valence-corrected chi connectivity index (χ0v) is 18.2. The normalized spacial score (nSPS) is 21.9. The smallest absolute Gasteiger partial charge is 0.101 e. The van der Waals surface area contributed by atoms with Crippen molar-refractivity contribution in [3.8, 4) is 17.3 Å². The summed E-state index contributed by atoms with van der Waals surface area (Å²) in [5.74, 6) is 0. The molecule has 5 rings (SSSR count). The second-order valence-corrected chi connectivity index (χ2v) is 8.90. The molecular weight excluding hydrogens is 406 g/mol. The molecule has 5 nitrogen and oxygen atoms in total. The fourth-order valence-electron chi connectivity index (χ4n) is 4.99. The van der Waals surface area contributed by atoms with E-state index in [4.69, 9.17) is 16.7 Å². The van der Waals surface area contributed by atoms with Crippen molar-refractivity contribution in [3.05, 3.63) is 71.4 Å². The van der Waals surface area contributed by atoms with E-state index in [0.717, 1.165) is 60.1 Å². The minimum atomic E-state index is 0.461. The lowest BCUT2D eigenvalue weighted by Gasteiger charge is -2.39. The summed E-state index contributed by atoms with van der Waals surface area (Å²) in [4.78, 5) is 4.99. The lowest BCUT2D eigenvalue weighted by Crippen LogP contribution is -2.50. The van der Waals surface area contributed by atoms with Crippen molar-refractivity contribution in [2.24, 2.45) is 0 Å². The first-order valence-electron chi connectivity index (χ1n) is 11.0. The Hall–Kier alpha value is -2.81. The molecule has 0 bridgehead atoms. The van der Waals surface area contributed by atoms with Crippen LogP contribution in [0.15, 0.2) is 60.8 Å². The molecule has 1 aromatic heterocycles. The summed E-state index contributed by atoms with van der Waals surface area (Å²) in [5, 5.41) is 15.0. The molecule has 1 aliphatic heterocycles. The van der Waals surface area contributed by atoms with E-state index in [1.54, 1.807) is 0 Å². The van der Waals surface area contributed by atoms with Gasteiger partial charge in [0.05, 0.1) is 23.0 Å². The van der Waals surface area contributed by atoms with Gasteiger partial charge in [-0.25, -0.2) is 0 Å². The van der Waals surface area contributed by atoms with Gasteiger partial charge in [-0.3, -0.25) is 9.58 Å². The van der Waals surface area contributed by atoms with Gasteiger partial charge in [0.1, 0.15) is 6.07 Å². The standard InChI is InChI=1S/C25H26ClN5/c26-21-7-5-19(6-8-21)24-11-12-31(28-24)23-10-9-22(17-23)29-13-15-30(16-14-29)25-4-2-1-3-20(25)18-27/h1-8,11-12,22-23H,9-10,13-17H2/t22-,23+/m0/s1. The van der Waals surface area contributed by atoms with Crippen molar-refractivity contribution in [3.63, 3.8) is 0 Å². The van der Waals surface area contributed by atoms with Gasteiger partial charge < -0.3 is 4.90 Å². The van der Waals surface area contributed by atoms with Gasteiger partial charge in [-0.05, 0) is 49.6 Å². The Morgan fingerprint density at radius 1 is 0.903 bits per heavy atom. The number of rotatable bonds is 4. The van der Waals surface area contributed by atoms with Crippen molar-refractivity contribution in [1.29, 1.82) is 5.26 Å². The number of hydrogen-bond donors (Lipinski definition) is 0. The topological polar surface area (TPSA) is 48.1 Å². The Kier molecular flexibility index (Phi) is 5.67. The van der Waals surface area contributed by atoms with Crippen LogP contribution in [-0.4, -0.2) is 46.9 Å². The van der Waals surface area contributed by atoms with Crippen LogP contribution in [0.25, 0.3) is 11.3 Å². The van der Waals surface area contributed by atoms with Gasteiger partial charge in [0.15, 0.2) is 0 Å². The van der Waals surface area contributed by atoms with Crippen LogP contribution >= 0.6 is 11.6 Å². The van der Waals surface area contributed by atoms with Gasteiger partial charge in [-0.15, -0.1) is 0 Å². The summed E-state index contributed by atoms with van der Waals surface area (Å²) in [5.41, 5.74) is 3.95. The number of piperazine rings is 1. The maximum absolute atomic E-state index is 9.40. The molecule has 2 aliphatic rings. The third-order valence-electron chi connectivity index (χ3n) is 6.70. The molecule has 3 aromatic rings. The lowest BCUT2D eigenvalue weighted by atomic mass is 10.1. The van der Waals surface area contributed by atoms with Crippen LogP contribution in [0.3, 0.4) is 0 Å². The summed E-state index contributed by atoms with van der Waals surface area (Å²) in [6.45, 7) is 4.04. The van der Waals surface area contributed by atoms with Crippen LogP contribution in [-0.2, 0) is 0 Å². The maximum Gasteiger partial charge on any atom is 0.101 e. The summed E-state index contributed by atoms with van der Waals surface area (Å²) >= 11 is 6.01. The Bertz CT molecular complexity index is 1080. The van der Waals surface area contributed by atoms with E-state index in [2.05, 4.69) is 38.9 Å². The van der Waals surface area contributed by atoms with Crippen LogP contribution in [0.2, 0.25) is 5.02 Å². The molecule has 0 unspecified atom stereocenters. The summed E-state index contributed by atoms with van der Waals surface area (Å²) in [7, 11) is 0. The minimum Gasteiger partial charge on any atom is -0.368 e. The van der Waals surface area contributed by atoms with Gasteiger partial charge in [0.25, 0.3) is 0 Å². The van der Waals surface area contributed by atoms with Gasteiger partial charge >= 0.3 is 0 Å². The van der Waals surface area contributed by atoms with Crippen molar-refractivity contribution in [2.75, 3.05) is 31.1 Å². The molecule has 0 radical (unpaired) electrons. The van der Waals surface area contributed by atoms with Gasteiger partial charge in [-0.2, -0.15) is 10.4 Å². The SMILES string of the molecule is N#Cc1ccccc1N1CCN([C@H]2CC[C@@H](n3ccc(-c4ccc(Cl)cc4)n3)C2)CC1. The van der Waals surface area contributed by atoms with Gasteiger partial charge in [0.2, 0.25) is 0 Å². The molecule has 2 aromatic carbocycles. The molecule has 2 heterocycles. The van der Waals surface area contributed by atoms with Crippen LogP contribution in [0.1, 0.15) is 30.9 Å². The highest BCUT2D eigenvalue weighted by molar-refractivity contribution is 6.30. The highest BCUT2D eigenvalue weighted by atomic mass is 35.5. The minimum absolute atomic E-state index is 0.461. The number of halogens is 1. The third kappa shape index (κ3) is 4.19. The Morgan fingerprint density at radius 3 is 2.42 bits per heavy atom. The zero-order valence-electron chi connectivity index (χ0n) is 17.5. The molecule has 2 atom stereocenters. The molecule has 158 valence electrons. The predicted octanol–water partition coefficient (Wildman–Crippen LogP) is 4.99. The average molecular weight is 432 g/mol. The maximum atomic E-state index is 9.40. The average Bonchev–Trinajstić information content (AvgIpc) is 3.50. The molecule has 0 spiro atoms. The van der Waals surface area contributed by atoms with Gasteiger partial charge in [-0.1, -0.05) is 35.9 Å². The first-order chi connectivity index (χ1) is 15.2. The van der Waals surface area contributed by atoms with Crippen molar-refractivity contribution < 1.29 is 0 Å². The Balaban J connectivity index is 1.19. The number of para-hydroxylation sites is 1. The van der Waals surface area contributed by atoms with Crippen molar-refractivity contribution >= 4 is 17.3 Å². The fourth-order valence-corrected chi connectivity index (χ4v) is 5.12. The number of nitrogens with zero attached hydrogens (tertiary/aromatic N) is 5. The zero-order chi connectivity index (χ0) is 21.2. The number of benzene rings is 2. The highest BCUT2D eigenvalue weighted by Crippen LogP contribution is 2.34. The van der Waals surface area contributed by atoms with Gasteiger partial charge in [0, 0.05) is 49.0 Å². The molecule has 2 fully saturated rings. The van der Waals surface area contributed by atoms with Crippen molar-refractivity contribution in [1.82, 2.24) is 14.7 Å². The van der Waals surface area contributed by atoms with E-state index >= 15 is 0 Å². The first-order valence-corrected chi connectivity index (χ1v) is 11.4. The van der Waals surface area contributed by atoms with E-state index in [1.165, 1.54) is 12.8 Å². The molecule has 0 amide bonds. The first kappa shape index (κ1) is 20.1. The largest absolute Gasteiger partial charge is 0.368 e. The fraction of sp³-hybridized carbons (Fsp3) is 0.360. The predicted molar refractivity (Wildman–Crippen MR) is 124 cm³/mol. The van der Waals surface area contributed by atoms with Crippen LogP contribution in [0.4, 0.5) is 5.69 Å². The molecule has 0 N–H and O–H groups in total. The second kappa shape index (κ2) is 8.74. The molecular formula is C25H26ClN5. The van der Waals surface area contributed by atoms with E-state index in [9.17, 15) is 5.26 Å². The van der Waals surface area contributed by atoms with E-state index < -0.39 is 0 Å². The number of anilines is 1. The molecule has 1 saturated heterocycles. The molecule has 6 heteroatoms. The number of nitriles is 1. The van der Waals surface area contributed by atoms with E-state index in [-0.39, 0.29) is 0 Å². The van der Waals surface area contributed by atoms with Crippen molar-refractivity contribution in [2.45, 2.75) is 31.3 Å². The molecule has 1 saturated carbocycles. The summed E-state index contributed by atoms with van der Waals surface area (Å²) in [6.07, 6.45) is 5.66. The second-order valence-electron chi connectivity index (χ2n) is 8.46. The quantitative estimate of drug-likeness (QED) is 0.583. The van der Waals surface area contributed by atoms with E-state index in [1.807, 2.05) is 42.5 Å². The number of aromatic nitrogens is 2. The highest BCUT2D eigenvalue weighted by Gasteiger charge is 2.32. The Labute approximate surface area is 188 Å². The monoisotopic (exact) mass is 431 g/mol. The molecule has 31 heavy (non-hydrogen) atoms. The van der Waals surface area contributed by atoms with Crippen LogP contribution in [0, 0.1) is 11.3 Å². The Morgan fingerprint density at radius 2 is 1.65 bits per heavy atom. The van der Waals surface area contributed by atoms with E-state index in [0.29, 0.717) is 12.1 Å². The van der Waals surface area contributed by atoms with Crippen LogP contribution < -0.4 is 4.90 Å². The summed E-state index contributed by atoms with van der Waals surface area (Å²) in [6, 6.07) is 21.3. The number of hydrogen-bond acceptors (Lipinski definition) is 4. The molecule has 1 aliphatic carbocycles.